The van der Waals surface area contributed by atoms with E-state index in [9.17, 15) is 5.11 Å². The highest BCUT2D eigenvalue weighted by Gasteiger charge is 2.01. The van der Waals surface area contributed by atoms with Crippen LogP contribution in [0.15, 0.2) is 36.5 Å². The molecule has 0 aliphatic carbocycles. The highest BCUT2D eigenvalue weighted by Crippen LogP contribution is 2.16. The molecule has 0 aliphatic heterocycles. The van der Waals surface area contributed by atoms with Crippen LogP contribution in [0.25, 0.3) is 0 Å². The van der Waals surface area contributed by atoms with Gasteiger partial charge in [0.25, 0.3) is 0 Å². The second-order valence-electron chi connectivity index (χ2n) is 3.32. The average Bonchev–Trinajstić information content (AvgIpc) is 2.63. The molecule has 0 aliphatic rings. The minimum absolute atomic E-state index is 0.312. The predicted octanol–water partition coefficient (Wildman–Crippen LogP) is 1.74. The summed E-state index contributed by atoms with van der Waals surface area (Å²) >= 11 is 0. The van der Waals surface area contributed by atoms with E-state index in [1.54, 1.807) is 16.9 Å². The molecule has 1 heterocycles. The molecule has 4 nitrogen and oxygen atoms in total. The second-order valence-corrected chi connectivity index (χ2v) is 3.32. The highest BCUT2D eigenvalue weighted by atomic mass is 16.3. The summed E-state index contributed by atoms with van der Waals surface area (Å²) in [4.78, 5) is 0. The van der Waals surface area contributed by atoms with Crippen LogP contribution >= 0.6 is 0 Å². The van der Waals surface area contributed by atoms with Crippen molar-refractivity contribution in [3.05, 3.63) is 42.1 Å². The van der Waals surface area contributed by atoms with Gasteiger partial charge in [-0.3, -0.25) is 4.68 Å². The molecule has 0 spiro atoms. The van der Waals surface area contributed by atoms with E-state index in [1.165, 1.54) is 0 Å². The van der Waals surface area contributed by atoms with E-state index in [0.717, 1.165) is 11.4 Å². The Morgan fingerprint density at radius 2 is 2.13 bits per heavy atom. The number of nitrogens with zero attached hydrogens (tertiary/aromatic N) is 2. The van der Waals surface area contributed by atoms with Crippen molar-refractivity contribution in [3.8, 4) is 5.75 Å². The molecular formula is C11H13N3O. The van der Waals surface area contributed by atoms with Crippen molar-refractivity contribution in [2.24, 2.45) is 7.05 Å². The molecule has 1 aromatic carbocycles. The standard InChI is InChI=1S/C11H13N3O/c1-14-11(6-7-13-14)12-8-9-4-2-3-5-10(9)15/h2-7,12,15H,8H2,1H3. The normalized spacial score (nSPS) is 10.2. The van der Waals surface area contributed by atoms with Crippen LogP contribution in [-0.2, 0) is 13.6 Å². The molecule has 0 radical (unpaired) electrons. The van der Waals surface area contributed by atoms with Crippen LogP contribution in [0.3, 0.4) is 0 Å². The van der Waals surface area contributed by atoms with Crippen LogP contribution < -0.4 is 5.32 Å². The first kappa shape index (κ1) is 9.58. The minimum atomic E-state index is 0.312. The van der Waals surface area contributed by atoms with Crippen molar-refractivity contribution >= 4 is 5.82 Å². The maximum absolute atomic E-state index is 9.55. The predicted molar refractivity (Wildman–Crippen MR) is 58.6 cm³/mol. The summed E-state index contributed by atoms with van der Waals surface area (Å²) in [5.41, 5.74) is 0.874. The number of anilines is 1. The third-order valence-electron chi connectivity index (χ3n) is 2.27. The van der Waals surface area contributed by atoms with Crippen LogP contribution in [0.4, 0.5) is 5.82 Å². The molecular weight excluding hydrogens is 190 g/mol. The lowest BCUT2D eigenvalue weighted by atomic mass is 10.2. The molecule has 2 rings (SSSR count). The van der Waals surface area contributed by atoms with Crippen LogP contribution in [0.2, 0.25) is 0 Å². The Morgan fingerprint density at radius 3 is 2.80 bits per heavy atom. The summed E-state index contributed by atoms with van der Waals surface area (Å²) in [7, 11) is 1.87. The number of aromatic hydroxyl groups is 1. The first-order valence-corrected chi connectivity index (χ1v) is 4.76. The Hall–Kier alpha value is -1.97. The number of rotatable bonds is 3. The Balaban J connectivity index is 2.06. The molecule has 15 heavy (non-hydrogen) atoms. The third kappa shape index (κ3) is 2.10. The van der Waals surface area contributed by atoms with E-state index >= 15 is 0 Å². The van der Waals surface area contributed by atoms with Gasteiger partial charge in [-0.2, -0.15) is 5.10 Å². The van der Waals surface area contributed by atoms with Crippen molar-refractivity contribution in [1.82, 2.24) is 9.78 Å². The van der Waals surface area contributed by atoms with Gasteiger partial charge in [-0.25, -0.2) is 0 Å². The summed E-state index contributed by atoms with van der Waals surface area (Å²) in [6.07, 6.45) is 1.73. The molecule has 0 fully saturated rings. The smallest absolute Gasteiger partial charge is 0.124 e. The zero-order valence-corrected chi connectivity index (χ0v) is 8.51. The minimum Gasteiger partial charge on any atom is -0.508 e. The number of phenolic OH excluding ortho intramolecular Hbond substituents is 1. The first-order valence-electron chi connectivity index (χ1n) is 4.76. The van der Waals surface area contributed by atoms with Gasteiger partial charge in [-0.1, -0.05) is 18.2 Å². The monoisotopic (exact) mass is 203 g/mol. The van der Waals surface area contributed by atoms with Crippen LogP contribution in [0.1, 0.15) is 5.56 Å². The first-order chi connectivity index (χ1) is 7.27. The van der Waals surface area contributed by atoms with Gasteiger partial charge < -0.3 is 10.4 Å². The number of phenols is 1. The van der Waals surface area contributed by atoms with E-state index in [4.69, 9.17) is 0 Å². The second kappa shape index (κ2) is 4.04. The van der Waals surface area contributed by atoms with Gasteiger partial charge in [-0.15, -0.1) is 0 Å². The van der Waals surface area contributed by atoms with Crippen molar-refractivity contribution in [3.63, 3.8) is 0 Å². The van der Waals surface area contributed by atoms with Gasteiger partial charge in [0, 0.05) is 25.2 Å². The fourth-order valence-corrected chi connectivity index (χ4v) is 1.39. The van der Waals surface area contributed by atoms with Crippen molar-refractivity contribution in [2.75, 3.05) is 5.32 Å². The van der Waals surface area contributed by atoms with Crippen molar-refractivity contribution < 1.29 is 5.11 Å². The molecule has 0 unspecified atom stereocenters. The molecule has 2 N–H and O–H groups in total. The van der Waals surface area contributed by atoms with Crippen LogP contribution in [0.5, 0.6) is 5.75 Å². The molecule has 0 amide bonds. The van der Waals surface area contributed by atoms with Crippen LogP contribution in [-0.4, -0.2) is 14.9 Å². The van der Waals surface area contributed by atoms with Gasteiger partial charge in [0.2, 0.25) is 0 Å². The molecule has 0 saturated heterocycles. The number of nitrogens with one attached hydrogen (secondary N) is 1. The number of aryl methyl sites for hydroxylation is 1. The maximum atomic E-state index is 9.55. The molecule has 4 heteroatoms. The number of hydrogen-bond acceptors (Lipinski definition) is 3. The summed E-state index contributed by atoms with van der Waals surface area (Å²) in [5.74, 6) is 1.24. The van der Waals surface area contributed by atoms with Gasteiger partial charge in [0.05, 0.1) is 6.20 Å². The molecule has 0 bridgehead atoms. The van der Waals surface area contributed by atoms with Gasteiger partial charge in [0.15, 0.2) is 0 Å². The molecule has 0 atom stereocenters. The topological polar surface area (TPSA) is 50.1 Å². The van der Waals surface area contributed by atoms with Crippen LogP contribution in [0, 0.1) is 0 Å². The Bertz CT molecular complexity index is 451. The zero-order chi connectivity index (χ0) is 10.7. The number of para-hydroxylation sites is 1. The highest BCUT2D eigenvalue weighted by molar-refractivity contribution is 5.38. The Kier molecular flexibility index (Phi) is 2.58. The van der Waals surface area contributed by atoms with Gasteiger partial charge in [0.1, 0.15) is 11.6 Å². The lowest BCUT2D eigenvalue weighted by Gasteiger charge is -2.07. The molecule has 0 saturated carbocycles. The third-order valence-corrected chi connectivity index (χ3v) is 2.27. The van der Waals surface area contributed by atoms with Crippen molar-refractivity contribution in [2.45, 2.75) is 6.54 Å². The van der Waals surface area contributed by atoms with Crippen molar-refractivity contribution in [1.29, 1.82) is 0 Å². The van der Waals surface area contributed by atoms with E-state index < -0.39 is 0 Å². The average molecular weight is 203 g/mol. The summed E-state index contributed by atoms with van der Waals surface area (Å²) in [6.45, 7) is 0.589. The van der Waals surface area contributed by atoms with E-state index in [2.05, 4.69) is 10.4 Å². The maximum Gasteiger partial charge on any atom is 0.124 e. The molecule has 1 aromatic heterocycles. The SMILES string of the molecule is Cn1nccc1NCc1ccccc1O. The van der Waals surface area contributed by atoms with E-state index in [1.807, 2.05) is 31.3 Å². The fraction of sp³-hybridized carbons (Fsp3) is 0.182. The van der Waals surface area contributed by atoms with Gasteiger partial charge in [-0.05, 0) is 6.07 Å². The zero-order valence-electron chi connectivity index (χ0n) is 8.51. The number of hydrogen-bond donors (Lipinski definition) is 2. The summed E-state index contributed by atoms with van der Waals surface area (Å²) in [5, 5.41) is 16.8. The van der Waals surface area contributed by atoms with Gasteiger partial charge >= 0.3 is 0 Å². The number of benzene rings is 1. The van der Waals surface area contributed by atoms with E-state index in [0.29, 0.717) is 12.3 Å². The quantitative estimate of drug-likeness (QED) is 0.798. The molecule has 78 valence electrons. The lowest BCUT2D eigenvalue weighted by Crippen LogP contribution is -2.04. The largest absolute Gasteiger partial charge is 0.508 e. The van der Waals surface area contributed by atoms with E-state index in [-0.39, 0.29) is 0 Å². The summed E-state index contributed by atoms with van der Waals surface area (Å²) in [6, 6.07) is 9.17. The summed E-state index contributed by atoms with van der Waals surface area (Å²) < 4.78 is 1.75. The number of aromatic nitrogens is 2. The lowest BCUT2D eigenvalue weighted by molar-refractivity contribution is 0.469. The fourth-order valence-electron chi connectivity index (χ4n) is 1.39. The Morgan fingerprint density at radius 1 is 1.33 bits per heavy atom. The Labute approximate surface area is 88.2 Å². The molecule has 2 aromatic rings.